The molecule has 0 saturated carbocycles. The Morgan fingerprint density at radius 1 is 1.32 bits per heavy atom. The molecule has 3 rings (SSSR count). The molecule has 1 saturated heterocycles. The second kappa shape index (κ2) is 7.53. The van der Waals surface area contributed by atoms with E-state index < -0.39 is 6.10 Å². The van der Waals surface area contributed by atoms with E-state index in [4.69, 9.17) is 4.42 Å². The van der Waals surface area contributed by atoms with Crippen LogP contribution in [0.2, 0.25) is 0 Å². The molecule has 2 aromatic rings. The number of likely N-dealkylation sites (tertiary alicyclic amines) is 1. The number of aliphatic hydroxyl groups is 1. The second-order valence-electron chi connectivity index (χ2n) is 6.41. The highest BCUT2D eigenvalue weighted by Crippen LogP contribution is 2.22. The van der Waals surface area contributed by atoms with Gasteiger partial charge in [-0.3, -0.25) is 9.59 Å². The van der Waals surface area contributed by atoms with Gasteiger partial charge in [-0.25, -0.2) is 0 Å². The third-order valence-electron chi connectivity index (χ3n) is 4.48. The lowest BCUT2D eigenvalue weighted by Crippen LogP contribution is -2.39. The Bertz CT molecular complexity index is 714. The summed E-state index contributed by atoms with van der Waals surface area (Å²) in [5.41, 5.74) is 0.972. The number of furan rings is 1. The molecular formula is C19H22N2O4. The first-order valence-electron chi connectivity index (χ1n) is 8.32. The van der Waals surface area contributed by atoms with Gasteiger partial charge in [0, 0.05) is 26.6 Å². The molecule has 132 valence electrons. The van der Waals surface area contributed by atoms with Crippen molar-refractivity contribution in [1.82, 2.24) is 9.80 Å². The number of hydrogen-bond acceptors (Lipinski definition) is 4. The molecular weight excluding hydrogens is 320 g/mol. The number of benzene rings is 1. The van der Waals surface area contributed by atoms with Crippen LogP contribution in [0.1, 0.15) is 23.8 Å². The molecule has 0 spiro atoms. The van der Waals surface area contributed by atoms with Gasteiger partial charge in [-0.2, -0.15) is 0 Å². The molecule has 0 radical (unpaired) electrons. The third kappa shape index (κ3) is 4.09. The molecule has 1 aliphatic heterocycles. The summed E-state index contributed by atoms with van der Waals surface area (Å²) in [5.74, 6) is -0.0905. The summed E-state index contributed by atoms with van der Waals surface area (Å²) in [6, 6.07) is 13.0. The van der Waals surface area contributed by atoms with Crippen molar-refractivity contribution in [1.29, 1.82) is 0 Å². The zero-order valence-electron chi connectivity index (χ0n) is 14.2. The molecule has 6 heteroatoms. The number of carbonyl (C=O) groups is 2. The van der Waals surface area contributed by atoms with Crippen LogP contribution in [0, 0.1) is 5.92 Å². The molecule has 0 aliphatic carbocycles. The van der Waals surface area contributed by atoms with Crippen molar-refractivity contribution in [2.24, 2.45) is 5.92 Å². The highest BCUT2D eigenvalue weighted by Gasteiger charge is 2.35. The van der Waals surface area contributed by atoms with Crippen LogP contribution >= 0.6 is 0 Å². The minimum absolute atomic E-state index is 0.0235. The van der Waals surface area contributed by atoms with Crippen LogP contribution in [-0.2, 0) is 16.1 Å². The van der Waals surface area contributed by atoms with E-state index in [2.05, 4.69) is 0 Å². The highest BCUT2D eigenvalue weighted by molar-refractivity contribution is 5.89. The number of aliphatic hydroxyl groups excluding tert-OH is 1. The van der Waals surface area contributed by atoms with Gasteiger partial charge in [-0.05, 0) is 17.7 Å². The van der Waals surface area contributed by atoms with E-state index in [0.29, 0.717) is 18.8 Å². The standard InChI is InChI=1S/C19H22N2O4/c1-20-12-15(10-18(20)23)19(24)21(11-14-6-3-2-4-7-14)13-16(22)17-8-5-9-25-17/h2-9,15-16,22H,10-13H2,1H3. The largest absolute Gasteiger partial charge is 0.467 e. The number of amides is 2. The van der Waals surface area contributed by atoms with Crippen molar-refractivity contribution < 1.29 is 19.1 Å². The summed E-state index contributed by atoms with van der Waals surface area (Å²) in [7, 11) is 1.70. The number of rotatable bonds is 6. The van der Waals surface area contributed by atoms with Crippen LogP contribution in [0.3, 0.4) is 0 Å². The molecule has 1 aromatic carbocycles. The molecule has 1 fully saturated rings. The monoisotopic (exact) mass is 342 g/mol. The number of carbonyl (C=O) groups excluding carboxylic acids is 2. The van der Waals surface area contributed by atoms with Gasteiger partial charge >= 0.3 is 0 Å². The van der Waals surface area contributed by atoms with Crippen LogP contribution in [0.4, 0.5) is 0 Å². The van der Waals surface area contributed by atoms with Gasteiger partial charge in [-0.15, -0.1) is 0 Å². The molecule has 25 heavy (non-hydrogen) atoms. The fourth-order valence-electron chi connectivity index (χ4n) is 3.10. The van der Waals surface area contributed by atoms with Crippen LogP contribution in [0.15, 0.2) is 53.1 Å². The van der Waals surface area contributed by atoms with Gasteiger partial charge in [-0.1, -0.05) is 30.3 Å². The van der Waals surface area contributed by atoms with Crippen molar-refractivity contribution >= 4 is 11.8 Å². The zero-order chi connectivity index (χ0) is 17.8. The molecule has 1 aliphatic rings. The normalized spacial score (nSPS) is 18.4. The summed E-state index contributed by atoms with van der Waals surface area (Å²) in [6.07, 6.45) is 0.807. The van der Waals surface area contributed by atoms with Gasteiger partial charge in [0.2, 0.25) is 11.8 Å². The molecule has 2 heterocycles. The lowest BCUT2D eigenvalue weighted by Gasteiger charge is -2.27. The topological polar surface area (TPSA) is 74.0 Å². The number of nitrogens with zero attached hydrogens (tertiary/aromatic N) is 2. The van der Waals surface area contributed by atoms with Gasteiger partial charge in [0.05, 0.1) is 18.7 Å². The molecule has 1 N–H and O–H groups in total. The van der Waals surface area contributed by atoms with Crippen LogP contribution in [0.5, 0.6) is 0 Å². The van der Waals surface area contributed by atoms with Crippen molar-refractivity contribution in [3.63, 3.8) is 0 Å². The molecule has 6 nitrogen and oxygen atoms in total. The maximum absolute atomic E-state index is 13.0. The SMILES string of the molecule is CN1CC(C(=O)N(Cc2ccccc2)CC(O)c2ccco2)CC1=O. The Morgan fingerprint density at radius 2 is 2.08 bits per heavy atom. The van der Waals surface area contributed by atoms with E-state index in [1.54, 1.807) is 29.0 Å². The van der Waals surface area contributed by atoms with Crippen molar-refractivity contribution in [2.45, 2.75) is 19.1 Å². The van der Waals surface area contributed by atoms with E-state index in [1.165, 1.54) is 6.26 Å². The van der Waals surface area contributed by atoms with Crippen molar-refractivity contribution in [3.05, 3.63) is 60.1 Å². The van der Waals surface area contributed by atoms with E-state index in [9.17, 15) is 14.7 Å². The predicted molar refractivity (Wildman–Crippen MR) is 91.3 cm³/mol. The van der Waals surface area contributed by atoms with E-state index in [-0.39, 0.29) is 30.7 Å². The molecule has 0 bridgehead atoms. The maximum atomic E-state index is 13.0. The van der Waals surface area contributed by atoms with Gasteiger partial charge in [0.15, 0.2) is 0 Å². The summed E-state index contributed by atoms with van der Waals surface area (Å²) in [4.78, 5) is 27.9. The Balaban J connectivity index is 1.76. The third-order valence-corrected chi connectivity index (χ3v) is 4.48. The molecule has 2 amide bonds. The van der Waals surface area contributed by atoms with Crippen LogP contribution in [0.25, 0.3) is 0 Å². The maximum Gasteiger partial charge on any atom is 0.228 e. The van der Waals surface area contributed by atoms with Crippen molar-refractivity contribution in [3.8, 4) is 0 Å². The first-order chi connectivity index (χ1) is 12.0. The summed E-state index contributed by atoms with van der Waals surface area (Å²) < 4.78 is 5.24. The lowest BCUT2D eigenvalue weighted by atomic mass is 10.1. The second-order valence-corrected chi connectivity index (χ2v) is 6.41. The summed E-state index contributed by atoms with van der Waals surface area (Å²) in [5, 5.41) is 10.4. The van der Waals surface area contributed by atoms with E-state index in [1.807, 2.05) is 30.3 Å². The number of hydrogen-bond donors (Lipinski definition) is 1. The summed E-state index contributed by atoms with van der Waals surface area (Å²) in [6.45, 7) is 0.918. The average Bonchev–Trinajstić information content (AvgIpc) is 3.25. The Kier molecular flexibility index (Phi) is 5.19. The van der Waals surface area contributed by atoms with Crippen LogP contribution in [-0.4, -0.2) is 46.9 Å². The molecule has 1 aromatic heterocycles. The zero-order valence-corrected chi connectivity index (χ0v) is 14.2. The van der Waals surface area contributed by atoms with Gasteiger partial charge in [0.25, 0.3) is 0 Å². The minimum Gasteiger partial charge on any atom is -0.467 e. The van der Waals surface area contributed by atoms with Crippen molar-refractivity contribution in [2.75, 3.05) is 20.1 Å². The van der Waals surface area contributed by atoms with E-state index in [0.717, 1.165) is 5.56 Å². The highest BCUT2D eigenvalue weighted by atomic mass is 16.4. The first-order valence-corrected chi connectivity index (χ1v) is 8.32. The fraction of sp³-hybridized carbons (Fsp3) is 0.368. The quantitative estimate of drug-likeness (QED) is 0.869. The van der Waals surface area contributed by atoms with Gasteiger partial charge in [0.1, 0.15) is 11.9 Å². The smallest absolute Gasteiger partial charge is 0.228 e. The van der Waals surface area contributed by atoms with Gasteiger partial charge < -0.3 is 19.3 Å². The van der Waals surface area contributed by atoms with E-state index >= 15 is 0 Å². The van der Waals surface area contributed by atoms with Crippen LogP contribution < -0.4 is 0 Å². The molecule has 2 unspecified atom stereocenters. The lowest BCUT2D eigenvalue weighted by molar-refractivity contribution is -0.138. The Labute approximate surface area is 146 Å². The average molecular weight is 342 g/mol. The molecule has 2 atom stereocenters. The Morgan fingerprint density at radius 3 is 2.68 bits per heavy atom. The fourth-order valence-corrected chi connectivity index (χ4v) is 3.10. The first kappa shape index (κ1) is 17.2. The minimum atomic E-state index is -0.905. The Hall–Kier alpha value is -2.60. The predicted octanol–water partition coefficient (Wildman–Crippen LogP) is 1.82. The summed E-state index contributed by atoms with van der Waals surface area (Å²) >= 11 is 0.